The van der Waals surface area contributed by atoms with E-state index in [1.54, 1.807) is 30.3 Å². The Balaban J connectivity index is 2.07. The zero-order chi connectivity index (χ0) is 13.0. The molecule has 96 valence electrons. The van der Waals surface area contributed by atoms with Gasteiger partial charge in [-0.1, -0.05) is 18.2 Å². The van der Waals surface area contributed by atoms with Crippen LogP contribution in [0.3, 0.4) is 0 Å². The molecule has 1 aliphatic rings. The first-order valence-electron chi connectivity index (χ1n) is 5.78. The first-order valence-corrected chi connectivity index (χ1v) is 5.78. The Morgan fingerprint density at radius 1 is 1.44 bits per heavy atom. The molecule has 1 heterocycles. The second-order valence-corrected chi connectivity index (χ2v) is 4.18. The quantitative estimate of drug-likeness (QED) is 0.375. The third-order valence-electron chi connectivity index (χ3n) is 2.90. The van der Waals surface area contributed by atoms with E-state index in [0.29, 0.717) is 18.5 Å². The summed E-state index contributed by atoms with van der Waals surface area (Å²) >= 11 is 0. The average Bonchev–Trinajstić information content (AvgIpc) is 2.90. The lowest BCUT2D eigenvalue weighted by atomic mass is 10.1. The van der Waals surface area contributed by atoms with Crippen molar-refractivity contribution in [2.75, 3.05) is 13.1 Å². The third-order valence-corrected chi connectivity index (χ3v) is 2.90. The number of hydrogen-bond donors (Lipinski definition) is 1. The molecule has 1 aromatic rings. The topological polar surface area (TPSA) is 81.5 Å². The molecular formula is C12H14N2O4. The molecule has 18 heavy (non-hydrogen) atoms. The molecule has 2 unspecified atom stereocenters. The highest BCUT2D eigenvalue weighted by atomic mass is 16.7. The number of nitrogens with zero attached hydrogens (tertiary/aromatic N) is 1. The van der Waals surface area contributed by atoms with E-state index in [9.17, 15) is 14.9 Å². The van der Waals surface area contributed by atoms with Crippen molar-refractivity contribution in [2.45, 2.75) is 12.6 Å². The summed E-state index contributed by atoms with van der Waals surface area (Å²) in [6.45, 7) is 1.27. The first kappa shape index (κ1) is 12.5. The minimum atomic E-state index is -1.42. The minimum absolute atomic E-state index is 0.281. The molecule has 1 fully saturated rings. The Hall–Kier alpha value is -1.95. The molecule has 0 amide bonds. The van der Waals surface area contributed by atoms with E-state index in [4.69, 9.17) is 4.74 Å². The van der Waals surface area contributed by atoms with Gasteiger partial charge in [-0.2, -0.15) is 0 Å². The summed E-state index contributed by atoms with van der Waals surface area (Å²) in [7, 11) is 0. The fourth-order valence-corrected chi connectivity index (χ4v) is 1.91. The predicted molar refractivity (Wildman–Crippen MR) is 63.2 cm³/mol. The number of hydrogen-bond acceptors (Lipinski definition) is 5. The van der Waals surface area contributed by atoms with Crippen molar-refractivity contribution in [3.63, 3.8) is 0 Å². The van der Waals surface area contributed by atoms with Gasteiger partial charge in [-0.25, -0.2) is 0 Å². The van der Waals surface area contributed by atoms with Crippen LogP contribution in [0.5, 0.6) is 0 Å². The van der Waals surface area contributed by atoms with Crippen LogP contribution in [-0.4, -0.2) is 24.0 Å². The number of esters is 1. The summed E-state index contributed by atoms with van der Waals surface area (Å²) < 4.78 is 5.00. The predicted octanol–water partition coefficient (Wildman–Crippen LogP) is 1.11. The van der Waals surface area contributed by atoms with Gasteiger partial charge in [0.15, 0.2) is 0 Å². The number of rotatable bonds is 4. The van der Waals surface area contributed by atoms with E-state index in [0.717, 1.165) is 6.54 Å². The van der Waals surface area contributed by atoms with Gasteiger partial charge in [-0.05, 0) is 25.1 Å². The molecule has 1 aromatic carbocycles. The van der Waals surface area contributed by atoms with Gasteiger partial charge in [0.05, 0.1) is 16.4 Å². The number of carbonyl (C=O) groups excluding carboxylic acids is 1. The highest BCUT2D eigenvalue weighted by molar-refractivity contribution is 5.73. The van der Waals surface area contributed by atoms with Gasteiger partial charge >= 0.3 is 12.2 Å². The van der Waals surface area contributed by atoms with Crippen LogP contribution in [0, 0.1) is 16.0 Å². The molecule has 0 saturated carbocycles. The van der Waals surface area contributed by atoms with Gasteiger partial charge in [-0.3, -0.25) is 14.9 Å². The van der Waals surface area contributed by atoms with E-state index >= 15 is 0 Å². The molecule has 1 aliphatic heterocycles. The molecule has 2 rings (SSSR count). The zero-order valence-electron chi connectivity index (χ0n) is 9.74. The van der Waals surface area contributed by atoms with Gasteiger partial charge in [0.2, 0.25) is 0 Å². The van der Waals surface area contributed by atoms with Crippen LogP contribution < -0.4 is 5.32 Å². The summed E-state index contributed by atoms with van der Waals surface area (Å²) in [5.74, 6) is -0.790. The van der Waals surface area contributed by atoms with Gasteiger partial charge in [-0.15, -0.1) is 0 Å². The lowest BCUT2D eigenvalue weighted by molar-refractivity contribution is -0.576. The van der Waals surface area contributed by atoms with Crippen LogP contribution in [0.2, 0.25) is 0 Å². The van der Waals surface area contributed by atoms with Crippen LogP contribution in [0.1, 0.15) is 18.2 Å². The Labute approximate surface area is 104 Å². The Morgan fingerprint density at radius 3 is 2.72 bits per heavy atom. The molecule has 0 bridgehead atoms. The van der Waals surface area contributed by atoms with Crippen molar-refractivity contribution >= 4 is 5.97 Å². The summed E-state index contributed by atoms with van der Waals surface area (Å²) in [6.07, 6.45) is -0.753. The number of ether oxygens (including phenoxy) is 1. The number of nitro groups is 1. The van der Waals surface area contributed by atoms with E-state index < -0.39 is 17.1 Å². The average molecular weight is 250 g/mol. The van der Waals surface area contributed by atoms with Crippen molar-refractivity contribution in [2.24, 2.45) is 5.92 Å². The summed E-state index contributed by atoms with van der Waals surface area (Å²) in [5, 5.41) is 14.0. The van der Waals surface area contributed by atoms with Crippen molar-refractivity contribution < 1.29 is 14.5 Å². The highest BCUT2D eigenvalue weighted by Crippen LogP contribution is 2.21. The van der Waals surface area contributed by atoms with E-state index in [1.165, 1.54) is 0 Å². The maximum absolute atomic E-state index is 11.8. The van der Waals surface area contributed by atoms with Crippen LogP contribution >= 0.6 is 0 Å². The largest absolute Gasteiger partial charge is 0.394 e. The van der Waals surface area contributed by atoms with Crippen LogP contribution in [0.25, 0.3) is 0 Å². The molecule has 1 N–H and O–H groups in total. The molecular weight excluding hydrogens is 236 g/mol. The Morgan fingerprint density at radius 2 is 2.17 bits per heavy atom. The van der Waals surface area contributed by atoms with Gasteiger partial charge in [0.1, 0.15) is 0 Å². The zero-order valence-corrected chi connectivity index (χ0v) is 9.74. The first-order chi connectivity index (χ1) is 8.68. The SMILES string of the molecule is O=C(OC(c1ccccc1)[N+](=O)[O-])C1CCNC1. The second-order valence-electron chi connectivity index (χ2n) is 4.18. The van der Waals surface area contributed by atoms with Gasteiger partial charge in [0.25, 0.3) is 0 Å². The maximum Gasteiger partial charge on any atom is 0.382 e. The number of benzene rings is 1. The van der Waals surface area contributed by atoms with E-state index in [-0.39, 0.29) is 5.92 Å². The fourth-order valence-electron chi connectivity index (χ4n) is 1.91. The van der Waals surface area contributed by atoms with Gasteiger partial charge in [0, 0.05) is 6.54 Å². The van der Waals surface area contributed by atoms with Crippen LogP contribution in [-0.2, 0) is 9.53 Å². The summed E-state index contributed by atoms with van der Waals surface area (Å²) in [5.41, 5.74) is 0.377. The normalized spacial score (nSPS) is 20.3. The summed E-state index contributed by atoms with van der Waals surface area (Å²) in [6, 6.07) is 8.26. The monoisotopic (exact) mass is 250 g/mol. The van der Waals surface area contributed by atoms with Crippen LogP contribution in [0.15, 0.2) is 30.3 Å². The van der Waals surface area contributed by atoms with E-state index in [1.807, 2.05) is 0 Å². The second kappa shape index (κ2) is 5.59. The summed E-state index contributed by atoms with van der Waals surface area (Å²) in [4.78, 5) is 22.1. The van der Waals surface area contributed by atoms with Crippen molar-refractivity contribution in [1.29, 1.82) is 0 Å². The van der Waals surface area contributed by atoms with Crippen molar-refractivity contribution in [3.8, 4) is 0 Å². The molecule has 0 aromatic heterocycles. The fraction of sp³-hybridized carbons (Fsp3) is 0.417. The molecule has 0 spiro atoms. The Bertz CT molecular complexity index is 429. The molecule has 2 atom stereocenters. The van der Waals surface area contributed by atoms with Crippen molar-refractivity contribution in [1.82, 2.24) is 5.32 Å². The minimum Gasteiger partial charge on any atom is -0.394 e. The van der Waals surface area contributed by atoms with E-state index in [2.05, 4.69) is 5.32 Å². The number of carbonyl (C=O) groups is 1. The number of nitrogens with one attached hydrogen (secondary N) is 1. The van der Waals surface area contributed by atoms with Crippen LogP contribution in [0.4, 0.5) is 0 Å². The molecule has 0 aliphatic carbocycles. The lowest BCUT2D eigenvalue weighted by Gasteiger charge is -2.13. The lowest BCUT2D eigenvalue weighted by Crippen LogP contribution is -2.25. The maximum atomic E-state index is 11.8. The Kier molecular flexibility index (Phi) is 3.88. The molecule has 0 radical (unpaired) electrons. The third kappa shape index (κ3) is 2.84. The molecule has 6 nitrogen and oxygen atoms in total. The van der Waals surface area contributed by atoms with Crippen molar-refractivity contribution in [3.05, 3.63) is 46.0 Å². The molecule has 1 saturated heterocycles. The van der Waals surface area contributed by atoms with Gasteiger partial charge < -0.3 is 10.1 Å². The smallest absolute Gasteiger partial charge is 0.382 e. The molecule has 6 heteroatoms. The highest BCUT2D eigenvalue weighted by Gasteiger charge is 2.32. The standard InChI is InChI=1S/C12H14N2O4/c15-12(10-6-7-13-8-10)18-11(14(16)17)9-4-2-1-3-5-9/h1-5,10-11,13H,6-8H2.